The van der Waals surface area contributed by atoms with Gasteiger partial charge in [-0.1, -0.05) is 64.5 Å². The molecule has 0 heterocycles. The molecule has 0 heteroatoms. The van der Waals surface area contributed by atoms with Gasteiger partial charge in [-0.15, -0.1) is 0 Å². The average Bonchev–Trinajstić information content (AvgIpc) is 2.01. The standard InChI is InChI=1S/C14H28/c1-6-7-8-9-10-11-14(4,5)12-13(2)3/h12H,6-11H2,1-5H3. The third-order valence-electron chi connectivity index (χ3n) is 2.60. The van der Waals surface area contributed by atoms with Crippen molar-refractivity contribution in [3.63, 3.8) is 0 Å². The van der Waals surface area contributed by atoms with E-state index >= 15 is 0 Å². The van der Waals surface area contributed by atoms with Crippen molar-refractivity contribution < 1.29 is 0 Å². The van der Waals surface area contributed by atoms with Crippen molar-refractivity contribution in [2.75, 3.05) is 0 Å². The van der Waals surface area contributed by atoms with Gasteiger partial charge in [0.15, 0.2) is 0 Å². The molecule has 0 aliphatic heterocycles. The van der Waals surface area contributed by atoms with Gasteiger partial charge in [-0.2, -0.15) is 0 Å². The summed E-state index contributed by atoms with van der Waals surface area (Å²) >= 11 is 0. The first kappa shape index (κ1) is 13.7. The second-order valence-electron chi connectivity index (χ2n) is 5.37. The number of allylic oxidation sites excluding steroid dienone is 2. The molecule has 84 valence electrons. The zero-order chi connectivity index (χ0) is 11.0. The fraction of sp³-hybridized carbons (Fsp3) is 0.857. The van der Waals surface area contributed by atoms with Crippen LogP contribution in [0.4, 0.5) is 0 Å². The molecule has 0 aromatic carbocycles. The monoisotopic (exact) mass is 196 g/mol. The molecule has 0 nitrogen and oxygen atoms in total. The molecular weight excluding hydrogens is 168 g/mol. The summed E-state index contributed by atoms with van der Waals surface area (Å²) in [5.74, 6) is 0. The summed E-state index contributed by atoms with van der Waals surface area (Å²) in [6, 6.07) is 0. The maximum absolute atomic E-state index is 2.41. The van der Waals surface area contributed by atoms with Gasteiger partial charge in [-0.3, -0.25) is 0 Å². The van der Waals surface area contributed by atoms with Crippen molar-refractivity contribution >= 4 is 0 Å². The summed E-state index contributed by atoms with van der Waals surface area (Å²) in [7, 11) is 0. The van der Waals surface area contributed by atoms with Crippen molar-refractivity contribution in [2.24, 2.45) is 5.41 Å². The quantitative estimate of drug-likeness (QED) is 0.381. The Morgan fingerprint density at radius 3 is 2.07 bits per heavy atom. The van der Waals surface area contributed by atoms with Gasteiger partial charge in [0.1, 0.15) is 0 Å². The van der Waals surface area contributed by atoms with Gasteiger partial charge >= 0.3 is 0 Å². The minimum Gasteiger partial charge on any atom is -0.0802 e. The van der Waals surface area contributed by atoms with E-state index in [2.05, 4.69) is 40.7 Å². The Morgan fingerprint density at radius 2 is 1.57 bits per heavy atom. The first-order chi connectivity index (χ1) is 6.48. The van der Waals surface area contributed by atoms with Crippen molar-refractivity contribution in [1.29, 1.82) is 0 Å². The van der Waals surface area contributed by atoms with E-state index in [0.717, 1.165) is 0 Å². The van der Waals surface area contributed by atoms with Crippen molar-refractivity contribution in [3.8, 4) is 0 Å². The predicted octanol–water partition coefficient (Wildman–Crippen LogP) is 5.34. The molecule has 0 fully saturated rings. The molecule has 14 heavy (non-hydrogen) atoms. The third kappa shape index (κ3) is 8.34. The maximum Gasteiger partial charge on any atom is -0.0172 e. The van der Waals surface area contributed by atoms with E-state index in [1.165, 1.54) is 44.1 Å². The number of hydrogen-bond donors (Lipinski definition) is 0. The Morgan fingerprint density at radius 1 is 1.00 bits per heavy atom. The van der Waals surface area contributed by atoms with Gasteiger partial charge < -0.3 is 0 Å². The van der Waals surface area contributed by atoms with Crippen molar-refractivity contribution in [2.45, 2.75) is 73.1 Å². The van der Waals surface area contributed by atoms with E-state index in [9.17, 15) is 0 Å². The Balaban J connectivity index is 3.61. The van der Waals surface area contributed by atoms with Gasteiger partial charge in [0.25, 0.3) is 0 Å². The lowest BCUT2D eigenvalue weighted by Gasteiger charge is -2.20. The van der Waals surface area contributed by atoms with Gasteiger partial charge in [0.05, 0.1) is 0 Å². The molecule has 0 aromatic rings. The van der Waals surface area contributed by atoms with Crippen LogP contribution in [0.3, 0.4) is 0 Å². The number of rotatable bonds is 7. The molecule has 0 rings (SSSR count). The van der Waals surface area contributed by atoms with Crippen LogP contribution in [0.15, 0.2) is 11.6 Å². The molecule has 0 aliphatic rings. The summed E-state index contributed by atoms with van der Waals surface area (Å²) in [6.07, 6.45) is 10.7. The van der Waals surface area contributed by atoms with Crippen LogP contribution < -0.4 is 0 Å². The van der Waals surface area contributed by atoms with Gasteiger partial charge in [-0.25, -0.2) is 0 Å². The lowest BCUT2D eigenvalue weighted by atomic mass is 9.85. The van der Waals surface area contributed by atoms with E-state index in [1.54, 1.807) is 0 Å². The lowest BCUT2D eigenvalue weighted by molar-refractivity contribution is 0.406. The topological polar surface area (TPSA) is 0 Å². The molecule has 0 saturated carbocycles. The second kappa shape index (κ2) is 7.09. The number of unbranched alkanes of at least 4 members (excludes halogenated alkanes) is 4. The van der Waals surface area contributed by atoms with Gasteiger partial charge in [0, 0.05) is 0 Å². The SMILES string of the molecule is CCCCCCCC(C)(C)C=C(C)C. The maximum atomic E-state index is 2.41. The van der Waals surface area contributed by atoms with Crippen LogP contribution in [0.2, 0.25) is 0 Å². The van der Waals surface area contributed by atoms with E-state index in [4.69, 9.17) is 0 Å². The zero-order valence-electron chi connectivity index (χ0n) is 10.8. The molecule has 0 saturated heterocycles. The minimum atomic E-state index is 0.408. The Labute approximate surface area is 90.8 Å². The lowest BCUT2D eigenvalue weighted by Crippen LogP contribution is -2.07. The smallest absolute Gasteiger partial charge is 0.0172 e. The Kier molecular flexibility index (Phi) is 6.96. The van der Waals surface area contributed by atoms with E-state index in [1.807, 2.05) is 0 Å². The predicted molar refractivity (Wildman–Crippen MR) is 66.6 cm³/mol. The van der Waals surface area contributed by atoms with E-state index in [0.29, 0.717) is 5.41 Å². The Hall–Kier alpha value is -0.260. The van der Waals surface area contributed by atoms with Crippen molar-refractivity contribution in [1.82, 2.24) is 0 Å². The largest absolute Gasteiger partial charge is 0.0802 e. The normalized spacial score (nSPS) is 11.5. The van der Waals surface area contributed by atoms with E-state index < -0.39 is 0 Å². The summed E-state index contributed by atoms with van der Waals surface area (Å²) in [5.41, 5.74) is 1.86. The summed E-state index contributed by atoms with van der Waals surface area (Å²) in [4.78, 5) is 0. The van der Waals surface area contributed by atoms with Crippen LogP contribution in [0.1, 0.15) is 73.1 Å². The van der Waals surface area contributed by atoms with Crippen LogP contribution in [0, 0.1) is 5.41 Å². The first-order valence-corrected chi connectivity index (χ1v) is 6.14. The molecule has 0 radical (unpaired) electrons. The zero-order valence-corrected chi connectivity index (χ0v) is 10.8. The molecule has 0 bridgehead atoms. The Bertz CT molecular complexity index is 159. The number of hydrogen-bond acceptors (Lipinski definition) is 0. The highest BCUT2D eigenvalue weighted by atomic mass is 14.2. The summed E-state index contributed by atoms with van der Waals surface area (Å²) < 4.78 is 0. The van der Waals surface area contributed by atoms with Crippen LogP contribution in [-0.4, -0.2) is 0 Å². The van der Waals surface area contributed by atoms with Gasteiger partial charge in [-0.05, 0) is 25.7 Å². The fourth-order valence-corrected chi connectivity index (χ4v) is 2.04. The average molecular weight is 196 g/mol. The highest BCUT2D eigenvalue weighted by Gasteiger charge is 2.13. The molecule has 0 spiro atoms. The molecule has 0 amide bonds. The van der Waals surface area contributed by atoms with E-state index in [-0.39, 0.29) is 0 Å². The summed E-state index contributed by atoms with van der Waals surface area (Å²) in [5, 5.41) is 0. The molecule has 0 N–H and O–H groups in total. The van der Waals surface area contributed by atoms with Crippen LogP contribution in [0.25, 0.3) is 0 Å². The molecular formula is C14H28. The minimum absolute atomic E-state index is 0.408. The highest BCUT2D eigenvalue weighted by molar-refractivity contribution is 5.01. The highest BCUT2D eigenvalue weighted by Crippen LogP contribution is 2.26. The molecule has 0 aliphatic carbocycles. The first-order valence-electron chi connectivity index (χ1n) is 6.14. The van der Waals surface area contributed by atoms with Crippen molar-refractivity contribution in [3.05, 3.63) is 11.6 Å². The van der Waals surface area contributed by atoms with Gasteiger partial charge in [0.2, 0.25) is 0 Å². The molecule has 0 atom stereocenters. The van der Waals surface area contributed by atoms with Crippen LogP contribution >= 0.6 is 0 Å². The fourth-order valence-electron chi connectivity index (χ4n) is 2.04. The second-order valence-corrected chi connectivity index (χ2v) is 5.37. The van der Waals surface area contributed by atoms with Crippen LogP contribution in [0.5, 0.6) is 0 Å². The third-order valence-corrected chi connectivity index (χ3v) is 2.60. The molecule has 0 aromatic heterocycles. The summed E-state index contributed by atoms with van der Waals surface area (Å²) in [6.45, 7) is 11.4. The molecule has 0 unspecified atom stereocenters. The van der Waals surface area contributed by atoms with Crippen LogP contribution in [-0.2, 0) is 0 Å².